The number of hydrogen-bond donors (Lipinski definition) is 0. The molecule has 0 aliphatic heterocycles. The summed E-state index contributed by atoms with van der Waals surface area (Å²) in [6.07, 6.45) is 0. The standard InChI is InChI=1S/C15H12Br2O2/c1-9-3-6-14(10(2)7-9)19-15(18)12-8-11(16)4-5-13(12)17/h3-8H,1-2H3. The summed E-state index contributed by atoms with van der Waals surface area (Å²) < 4.78 is 6.98. The van der Waals surface area contributed by atoms with Gasteiger partial charge in [-0.15, -0.1) is 0 Å². The Labute approximate surface area is 129 Å². The quantitative estimate of drug-likeness (QED) is 0.535. The maximum atomic E-state index is 12.2. The van der Waals surface area contributed by atoms with Gasteiger partial charge in [0, 0.05) is 8.95 Å². The van der Waals surface area contributed by atoms with Gasteiger partial charge in [0.15, 0.2) is 0 Å². The molecule has 0 atom stereocenters. The van der Waals surface area contributed by atoms with E-state index in [1.54, 1.807) is 6.07 Å². The van der Waals surface area contributed by atoms with Gasteiger partial charge in [0.05, 0.1) is 5.56 Å². The molecular weight excluding hydrogens is 372 g/mol. The predicted molar refractivity (Wildman–Crippen MR) is 82.7 cm³/mol. The molecule has 0 fully saturated rings. The Morgan fingerprint density at radius 3 is 2.47 bits per heavy atom. The van der Waals surface area contributed by atoms with Crippen LogP contribution in [0.3, 0.4) is 0 Å². The first-order chi connectivity index (χ1) is 8.97. The summed E-state index contributed by atoms with van der Waals surface area (Å²) in [5.74, 6) is 0.211. The summed E-state index contributed by atoms with van der Waals surface area (Å²) in [6.45, 7) is 3.93. The second-order valence-corrected chi connectivity index (χ2v) is 6.05. The number of aryl methyl sites for hydroxylation is 2. The van der Waals surface area contributed by atoms with Gasteiger partial charge in [-0.2, -0.15) is 0 Å². The van der Waals surface area contributed by atoms with Crippen LogP contribution in [0.1, 0.15) is 21.5 Å². The molecule has 0 heterocycles. The zero-order chi connectivity index (χ0) is 14.0. The third kappa shape index (κ3) is 3.45. The lowest BCUT2D eigenvalue weighted by Gasteiger charge is -2.09. The van der Waals surface area contributed by atoms with Crippen molar-refractivity contribution in [1.29, 1.82) is 0 Å². The summed E-state index contributed by atoms with van der Waals surface area (Å²) in [5.41, 5.74) is 2.58. The van der Waals surface area contributed by atoms with Gasteiger partial charge in [-0.1, -0.05) is 33.6 Å². The normalized spacial score (nSPS) is 10.3. The molecule has 0 radical (unpaired) electrons. The van der Waals surface area contributed by atoms with E-state index in [4.69, 9.17) is 4.74 Å². The van der Waals surface area contributed by atoms with Crippen molar-refractivity contribution in [3.05, 3.63) is 62.0 Å². The highest BCUT2D eigenvalue weighted by Gasteiger charge is 2.14. The summed E-state index contributed by atoms with van der Waals surface area (Å²) in [4.78, 5) is 12.2. The fourth-order valence-corrected chi connectivity index (χ4v) is 2.49. The largest absolute Gasteiger partial charge is 0.423 e. The topological polar surface area (TPSA) is 26.3 Å². The minimum atomic E-state index is -0.375. The monoisotopic (exact) mass is 382 g/mol. The number of ether oxygens (including phenoxy) is 1. The van der Waals surface area contributed by atoms with Gasteiger partial charge in [0.25, 0.3) is 0 Å². The van der Waals surface area contributed by atoms with Crippen LogP contribution in [0, 0.1) is 13.8 Å². The number of carbonyl (C=O) groups excluding carboxylic acids is 1. The van der Waals surface area contributed by atoms with Crippen LogP contribution in [0.15, 0.2) is 45.3 Å². The minimum Gasteiger partial charge on any atom is -0.423 e. The first-order valence-corrected chi connectivity index (χ1v) is 7.30. The van der Waals surface area contributed by atoms with Crippen molar-refractivity contribution >= 4 is 37.8 Å². The lowest BCUT2D eigenvalue weighted by atomic mass is 10.1. The van der Waals surface area contributed by atoms with Gasteiger partial charge >= 0.3 is 5.97 Å². The first-order valence-electron chi connectivity index (χ1n) is 5.72. The first kappa shape index (κ1) is 14.3. The maximum absolute atomic E-state index is 12.2. The van der Waals surface area contributed by atoms with E-state index in [0.29, 0.717) is 15.8 Å². The highest BCUT2D eigenvalue weighted by Crippen LogP contribution is 2.25. The molecule has 0 aromatic heterocycles. The number of esters is 1. The van der Waals surface area contributed by atoms with Crippen LogP contribution in [0.2, 0.25) is 0 Å². The van der Waals surface area contributed by atoms with Crippen molar-refractivity contribution in [1.82, 2.24) is 0 Å². The van der Waals surface area contributed by atoms with Crippen molar-refractivity contribution in [3.8, 4) is 5.75 Å². The van der Waals surface area contributed by atoms with E-state index in [-0.39, 0.29) is 5.97 Å². The van der Waals surface area contributed by atoms with Gasteiger partial charge in [-0.3, -0.25) is 0 Å². The smallest absolute Gasteiger partial charge is 0.344 e. The Morgan fingerprint density at radius 2 is 1.79 bits per heavy atom. The highest BCUT2D eigenvalue weighted by atomic mass is 79.9. The second kappa shape index (κ2) is 5.88. The Morgan fingerprint density at radius 1 is 1.05 bits per heavy atom. The molecule has 2 nitrogen and oxygen atoms in total. The van der Waals surface area contributed by atoms with E-state index in [0.717, 1.165) is 15.6 Å². The Bertz CT molecular complexity index is 636. The number of halogens is 2. The predicted octanol–water partition coefficient (Wildman–Crippen LogP) is 5.05. The fraction of sp³-hybridized carbons (Fsp3) is 0.133. The zero-order valence-electron chi connectivity index (χ0n) is 10.5. The minimum absolute atomic E-state index is 0.375. The van der Waals surface area contributed by atoms with Crippen molar-refractivity contribution in [3.63, 3.8) is 0 Å². The average Bonchev–Trinajstić information content (AvgIpc) is 2.35. The van der Waals surface area contributed by atoms with E-state index in [2.05, 4.69) is 31.9 Å². The van der Waals surface area contributed by atoms with Crippen LogP contribution in [-0.4, -0.2) is 5.97 Å². The Kier molecular flexibility index (Phi) is 4.42. The SMILES string of the molecule is Cc1ccc(OC(=O)c2cc(Br)ccc2Br)c(C)c1. The molecule has 2 rings (SSSR count). The molecule has 0 bridgehead atoms. The van der Waals surface area contributed by atoms with Gasteiger partial charge in [-0.05, 0) is 59.6 Å². The molecule has 0 saturated heterocycles. The summed E-state index contributed by atoms with van der Waals surface area (Å²) in [6, 6.07) is 11.1. The van der Waals surface area contributed by atoms with Crippen LogP contribution >= 0.6 is 31.9 Å². The number of hydrogen-bond acceptors (Lipinski definition) is 2. The lowest BCUT2D eigenvalue weighted by molar-refractivity contribution is 0.0732. The van der Waals surface area contributed by atoms with E-state index >= 15 is 0 Å². The van der Waals surface area contributed by atoms with E-state index in [1.807, 2.05) is 44.2 Å². The highest BCUT2D eigenvalue weighted by molar-refractivity contribution is 9.11. The maximum Gasteiger partial charge on any atom is 0.344 e. The average molecular weight is 384 g/mol. The molecule has 0 N–H and O–H groups in total. The third-order valence-corrected chi connectivity index (χ3v) is 3.87. The van der Waals surface area contributed by atoms with Gasteiger partial charge in [0.2, 0.25) is 0 Å². The lowest BCUT2D eigenvalue weighted by Crippen LogP contribution is -2.10. The molecule has 2 aromatic carbocycles. The van der Waals surface area contributed by atoms with E-state index < -0.39 is 0 Å². The van der Waals surface area contributed by atoms with Crippen molar-refractivity contribution in [2.24, 2.45) is 0 Å². The van der Waals surface area contributed by atoms with Crippen LogP contribution in [0.4, 0.5) is 0 Å². The molecule has 0 aliphatic carbocycles. The van der Waals surface area contributed by atoms with Gasteiger partial charge in [0.1, 0.15) is 5.75 Å². The molecule has 0 spiro atoms. The van der Waals surface area contributed by atoms with Crippen LogP contribution in [-0.2, 0) is 0 Å². The Balaban J connectivity index is 2.28. The van der Waals surface area contributed by atoms with Crippen molar-refractivity contribution < 1.29 is 9.53 Å². The molecule has 0 aliphatic rings. The molecule has 0 saturated carbocycles. The van der Waals surface area contributed by atoms with Crippen LogP contribution in [0.25, 0.3) is 0 Å². The molecule has 0 amide bonds. The summed E-state index contributed by atoms with van der Waals surface area (Å²) >= 11 is 6.70. The molecule has 19 heavy (non-hydrogen) atoms. The molecule has 0 unspecified atom stereocenters. The number of benzene rings is 2. The Hall–Kier alpha value is -1.13. The van der Waals surface area contributed by atoms with E-state index in [9.17, 15) is 4.79 Å². The summed E-state index contributed by atoms with van der Waals surface area (Å²) in [7, 11) is 0. The molecule has 2 aromatic rings. The molecular formula is C15H12Br2O2. The zero-order valence-corrected chi connectivity index (χ0v) is 13.7. The van der Waals surface area contributed by atoms with Crippen LogP contribution in [0.5, 0.6) is 5.75 Å². The summed E-state index contributed by atoms with van der Waals surface area (Å²) in [5, 5.41) is 0. The van der Waals surface area contributed by atoms with Gasteiger partial charge < -0.3 is 4.74 Å². The second-order valence-electron chi connectivity index (χ2n) is 4.28. The molecule has 98 valence electrons. The van der Waals surface area contributed by atoms with E-state index in [1.165, 1.54) is 0 Å². The van der Waals surface area contributed by atoms with Crippen molar-refractivity contribution in [2.45, 2.75) is 13.8 Å². The number of rotatable bonds is 2. The number of carbonyl (C=O) groups is 1. The molecule has 4 heteroatoms. The van der Waals surface area contributed by atoms with Gasteiger partial charge in [-0.25, -0.2) is 4.79 Å². The van der Waals surface area contributed by atoms with Crippen molar-refractivity contribution in [2.75, 3.05) is 0 Å². The van der Waals surface area contributed by atoms with Crippen LogP contribution < -0.4 is 4.74 Å². The fourth-order valence-electron chi connectivity index (χ4n) is 1.72. The third-order valence-electron chi connectivity index (χ3n) is 2.68.